The number of halogens is 1. The van der Waals surface area contributed by atoms with Crippen molar-refractivity contribution in [2.24, 2.45) is 0 Å². The number of hydrogen-bond acceptors (Lipinski definition) is 1. The predicted octanol–water partition coefficient (Wildman–Crippen LogP) is 6.50. The molecule has 1 nitrogen and oxygen atoms in total. The number of aryl methyl sites for hydroxylation is 1. The van der Waals surface area contributed by atoms with Crippen molar-refractivity contribution in [3.63, 3.8) is 0 Å². The molecule has 0 aliphatic heterocycles. The Hall–Kier alpha value is -1.83. The molecule has 1 saturated carbocycles. The zero-order valence-corrected chi connectivity index (χ0v) is 14.8. The molecule has 2 aromatic rings. The molecule has 2 heteroatoms. The Morgan fingerprint density at radius 2 is 1.71 bits per heavy atom. The second-order valence-corrected chi connectivity index (χ2v) is 6.81. The summed E-state index contributed by atoms with van der Waals surface area (Å²) >= 11 is 0. The molecule has 0 unspecified atom stereocenters. The van der Waals surface area contributed by atoms with Gasteiger partial charge < -0.3 is 4.74 Å². The van der Waals surface area contributed by atoms with Crippen molar-refractivity contribution in [2.45, 2.75) is 57.8 Å². The van der Waals surface area contributed by atoms with Crippen molar-refractivity contribution in [1.29, 1.82) is 0 Å². The van der Waals surface area contributed by atoms with Crippen molar-refractivity contribution >= 4 is 0 Å². The molecule has 1 fully saturated rings. The zero-order chi connectivity index (χ0) is 16.9. The molecule has 3 rings (SSSR count). The molecule has 0 heterocycles. The molecule has 0 spiro atoms. The van der Waals surface area contributed by atoms with Crippen LogP contribution in [0, 0.1) is 5.82 Å². The Balaban J connectivity index is 2.09. The van der Waals surface area contributed by atoms with Crippen LogP contribution in [0.25, 0.3) is 11.1 Å². The predicted molar refractivity (Wildman–Crippen MR) is 98.2 cm³/mol. The first-order valence-corrected chi connectivity index (χ1v) is 9.19. The second-order valence-electron chi connectivity index (χ2n) is 6.81. The Morgan fingerprint density at radius 1 is 0.958 bits per heavy atom. The van der Waals surface area contributed by atoms with E-state index in [2.05, 4.69) is 25.1 Å². The number of rotatable bonds is 4. The van der Waals surface area contributed by atoms with Gasteiger partial charge in [0.25, 0.3) is 0 Å². The van der Waals surface area contributed by atoms with Crippen molar-refractivity contribution in [1.82, 2.24) is 0 Å². The van der Waals surface area contributed by atoms with Crippen LogP contribution in [0.2, 0.25) is 0 Å². The van der Waals surface area contributed by atoms with Crippen LogP contribution < -0.4 is 4.74 Å². The van der Waals surface area contributed by atoms with Gasteiger partial charge in [0.05, 0.1) is 7.11 Å². The molecule has 1 aliphatic rings. The average Bonchev–Trinajstić information content (AvgIpc) is 2.91. The highest BCUT2D eigenvalue weighted by Crippen LogP contribution is 2.39. The van der Waals surface area contributed by atoms with Crippen LogP contribution >= 0.6 is 0 Å². The van der Waals surface area contributed by atoms with Gasteiger partial charge >= 0.3 is 0 Å². The highest BCUT2D eigenvalue weighted by atomic mass is 19.1. The number of benzene rings is 2. The molecular weight excluding hydrogens is 299 g/mol. The average molecular weight is 326 g/mol. The zero-order valence-electron chi connectivity index (χ0n) is 14.8. The Labute approximate surface area is 144 Å². The third-order valence-corrected chi connectivity index (χ3v) is 5.28. The van der Waals surface area contributed by atoms with Gasteiger partial charge in [-0.15, -0.1) is 0 Å². The van der Waals surface area contributed by atoms with E-state index >= 15 is 0 Å². The maximum atomic E-state index is 14.5. The second kappa shape index (κ2) is 7.83. The Morgan fingerprint density at radius 3 is 2.38 bits per heavy atom. The summed E-state index contributed by atoms with van der Waals surface area (Å²) in [5.74, 6) is 1.08. The van der Waals surface area contributed by atoms with Gasteiger partial charge in [-0.1, -0.05) is 50.8 Å². The van der Waals surface area contributed by atoms with E-state index in [4.69, 9.17) is 4.74 Å². The van der Waals surface area contributed by atoms with Crippen molar-refractivity contribution < 1.29 is 9.13 Å². The van der Waals surface area contributed by atoms with Crippen LogP contribution in [0.3, 0.4) is 0 Å². The van der Waals surface area contributed by atoms with Crippen molar-refractivity contribution in [3.05, 3.63) is 53.3 Å². The lowest BCUT2D eigenvalue weighted by Crippen LogP contribution is -2.02. The minimum atomic E-state index is -0.171. The molecule has 0 radical (unpaired) electrons. The Bertz CT molecular complexity index is 684. The van der Waals surface area contributed by atoms with Crippen LogP contribution in [0.5, 0.6) is 5.75 Å². The van der Waals surface area contributed by atoms with Gasteiger partial charge in [-0.25, -0.2) is 4.39 Å². The third kappa shape index (κ3) is 3.63. The quantitative estimate of drug-likeness (QED) is 0.583. The maximum Gasteiger partial charge on any atom is 0.131 e. The van der Waals surface area contributed by atoms with E-state index in [1.54, 1.807) is 13.2 Å². The molecule has 0 aromatic heterocycles. The fourth-order valence-electron chi connectivity index (χ4n) is 3.84. The Kier molecular flexibility index (Phi) is 5.55. The fourth-order valence-corrected chi connectivity index (χ4v) is 3.84. The SMILES string of the molecule is CCc1ccc(-c2cc(OC)ccc2F)c(C2CCCCCC2)c1. The summed E-state index contributed by atoms with van der Waals surface area (Å²) in [5, 5.41) is 0. The molecule has 0 N–H and O–H groups in total. The topological polar surface area (TPSA) is 9.23 Å². The number of methoxy groups -OCH3 is 1. The van der Waals surface area contributed by atoms with Gasteiger partial charge in [-0.3, -0.25) is 0 Å². The van der Waals surface area contributed by atoms with E-state index in [9.17, 15) is 4.39 Å². The molecular formula is C22H27FO. The summed E-state index contributed by atoms with van der Waals surface area (Å²) < 4.78 is 19.9. The molecule has 0 atom stereocenters. The number of ether oxygens (including phenoxy) is 1. The van der Waals surface area contributed by atoms with E-state index < -0.39 is 0 Å². The summed E-state index contributed by atoms with van der Waals surface area (Å²) in [4.78, 5) is 0. The van der Waals surface area contributed by atoms with Crippen molar-refractivity contribution in [3.8, 4) is 16.9 Å². The van der Waals surface area contributed by atoms with Gasteiger partial charge in [-0.2, -0.15) is 0 Å². The third-order valence-electron chi connectivity index (χ3n) is 5.28. The first-order valence-electron chi connectivity index (χ1n) is 9.19. The van der Waals surface area contributed by atoms with Gasteiger partial charge in [0.15, 0.2) is 0 Å². The molecule has 128 valence electrons. The lowest BCUT2D eigenvalue weighted by Gasteiger charge is -2.21. The van der Waals surface area contributed by atoms with E-state index in [1.165, 1.54) is 55.7 Å². The smallest absolute Gasteiger partial charge is 0.131 e. The van der Waals surface area contributed by atoms with Crippen molar-refractivity contribution in [2.75, 3.05) is 7.11 Å². The fraction of sp³-hybridized carbons (Fsp3) is 0.455. The van der Waals surface area contributed by atoms with Crippen LogP contribution in [-0.2, 0) is 6.42 Å². The van der Waals surface area contributed by atoms with Gasteiger partial charge in [0.2, 0.25) is 0 Å². The summed E-state index contributed by atoms with van der Waals surface area (Å²) in [7, 11) is 1.63. The lowest BCUT2D eigenvalue weighted by atomic mass is 9.84. The van der Waals surface area contributed by atoms with Crippen LogP contribution in [0.1, 0.15) is 62.5 Å². The highest BCUT2D eigenvalue weighted by Gasteiger charge is 2.20. The normalized spacial score (nSPS) is 16.0. The van der Waals surface area contributed by atoms with E-state index in [0.29, 0.717) is 17.2 Å². The molecule has 24 heavy (non-hydrogen) atoms. The van der Waals surface area contributed by atoms with E-state index in [-0.39, 0.29) is 5.82 Å². The molecule has 0 saturated heterocycles. The highest BCUT2D eigenvalue weighted by molar-refractivity contribution is 5.70. The van der Waals surface area contributed by atoms with Gasteiger partial charge in [0.1, 0.15) is 11.6 Å². The standard InChI is InChI=1S/C22H27FO/c1-3-16-10-12-19(21-15-18(24-2)11-13-22(21)23)20(14-16)17-8-6-4-5-7-9-17/h10-15,17H,3-9H2,1-2H3. The van der Waals surface area contributed by atoms with Crippen LogP contribution in [-0.4, -0.2) is 7.11 Å². The summed E-state index contributed by atoms with van der Waals surface area (Å²) in [6, 6.07) is 11.6. The summed E-state index contributed by atoms with van der Waals surface area (Å²) in [5.41, 5.74) is 4.36. The minimum Gasteiger partial charge on any atom is -0.497 e. The first-order chi connectivity index (χ1) is 11.7. The molecule has 0 amide bonds. The minimum absolute atomic E-state index is 0.171. The van der Waals surface area contributed by atoms with E-state index in [1.807, 2.05) is 6.07 Å². The maximum absolute atomic E-state index is 14.5. The lowest BCUT2D eigenvalue weighted by molar-refractivity contribution is 0.414. The van der Waals surface area contributed by atoms with Gasteiger partial charge in [0, 0.05) is 5.56 Å². The molecule has 2 aromatic carbocycles. The monoisotopic (exact) mass is 326 g/mol. The largest absolute Gasteiger partial charge is 0.497 e. The van der Waals surface area contributed by atoms with Crippen LogP contribution in [0.4, 0.5) is 4.39 Å². The van der Waals surface area contributed by atoms with E-state index in [0.717, 1.165) is 12.0 Å². The van der Waals surface area contributed by atoms with Gasteiger partial charge in [-0.05, 0) is 60.1 Å². The molecule has 1 aliphatic carbocycles. The summed E-state index contributed by atoms with van der Waals surface area (Å²) in [6.45, 7) is 2.18. The number of hydrogen-bond donors (Lipinski definition) is 0. The first kappa shape index (κ1) is 17.0. The summed E-state index contributed by atoms with van der Waals surface area (Å²) in [6.07, 6.45) is 8.65. The van der Waals surface area contributed by atoms with Crippen LogP contribution in [0.15, 0.2) is 36.4 Å². The molecule has 0 bridgehead atoms.